The van der Waals surface area contributed by atoms with E-state index in [9.17, 15) is 0 Å². The molecule has 0 amide bonds. The van der Waals surface area contributed by atoms with E-state index in [1.807, 2.05) is 0 Å². The monoisotopic (exact) mass is 243 g/mol. The molecule has 1 rings (SSSR count). The van der Waals surface area contributed by atoms with Gasteiger partial charge in [-0.25, -0.2) is 0 Å². The molecule has 1 aliphatic heterocycles. The summed E-state index contributed by atoms with van der Waals surface area (Å²) < 4.78 is 0. The highest BCUT2D eigenvalue weighted by molar-refractivity contribution is 7.80. The van der Waals surface area contributed by atoms with Crippen molar-refractivity contribution < 1.29 is 0 Å². The minimum atomic E-state index is 0.949. The lowest BCUT2D eigenvalue weighted by atomic mass is 10.3. The van der Waals surface area contributed by atoms with E-state index in [4.69, 9.17) is 12.2 Å². The van der Waals surface area contributed by atoms with Crippen molar-refractivity contribution in [2.75, 3.05) is 39.3 Å². The number of thiocarbonyl (C=S) groups is 1. The highest BCUT2D eigenvalue weighted by Crippen LogP contribution is 2.02. The maximum absolute atomic E-state index is 5.39. The van der Waals surface area contributed by atoms with Crippen LogP contribution in [0.4, 0.5) is 0 Å². The van der Waals surface area contributed by atoms with Gasteiger partial charge < -0.3 is 10.2 Å². The highest BCUT2D eigenvalue weighted by Gasteiger charge is 2.17. The van der Waals surface area contributed by atoms with Gasteiger partial charge in [0.05, 0.1) is 0 Å². The van der Waals surface area contributed by atoms with Gasteiger partial charge in [0.1, 0.15) is 0 Å². The Bertz CT molecular complexity index is 200. The summed E-state index contributed by atoms with van der Waals surface area (Å²) >= 11 is 5.39. The zero-order chi connectivity index (χ0) is 11.8. The smallest absolute Gasteiger partial charge is 0.169 e. The van der Waals surface area contributed by atoms with Gasteiger partial charge in [0.25, 0.3) is 0 Å². The van der Waals surface area contributed by atoms with E-state index < -0.39 is 0 Å². The van der Waals surface area contributed by atoms with E-state index in [0.29, 0.717) is 0 Å². The minimum Gasteiger partial charge on any atom is -0.363 e. The summed E-state index contributed by atoms with van der Waals surface area (Å²) in [6, 6.07) is 0. The van der Waals surface area contributed by atoms with Gasteiger partial charge in [0.2, 0.25) is 0 Å². The van der Waals surface area contributed by atoms with Gasteiger partial charge in [-0.3, -0.25) is 4.90 Å². The molecule has 1 fully saturated rings. The van der Waals surface area contributed by atoms with Crippen molar-refractivity contribution in [3.05, 3.63) is 0 Å². The summed E-state index contributed by atoms with van der Waals surface area (Å²) in [6.45, 7) is 11.2. The molecule has 1 saturated heterocycles. The standard InChI is InChI=1S/C12H25N3S/c1-3-5-6-13-12(16)15-10-8-14(7-4-2)9-11-15/h3-11H2,1-2H3,(H,13,16). The number of rotatable bonds is 5. The van der Waals surface area contributed by atoms with Crippen LogP contribution in [0, 0.1) is 0 Å². The third-order valence-corrected chi connectivity index (χ3v) is 3.41. The van der Waals surface area contributed by atoms with Gasteiger partial charge in [-0.05, 0) is 31.6 Å². The zero-order valence-corrected chi connectivity index (χ0v) is 11.5. The fraction of sp³-hybridized carbons (Fsp3) is 0.917. The fourth-order valence-electron chi connectivity index (χ4n) is 1.97. The van der Waals surface area contributed by atoms with Crippen LogP contribution in [0.1, 0.15) is 33.1 Å². The van der Waals surface area contributed by atoms with Crippen LogP contribution in [0.5, 0.6) is 0 Å². The number of hydrogen-bond acceptors (Lipinski definition) is 2. The first kappa shape index (κ1) is 13.7. The van der Waals surface area contributed by atoms with Crippen LogP contribution in [-0.4, -0.2) is 54.2 Å². The number of unbranched alkanes of at least 4 members (excludes halogenated alkanes) is 1. The lowest BCUT2D eigenvalue weighted by Gasteiger charge is -2.36. The van der Waals surface area contributed by atoms with Crippen molar-refractivity contribution in [3.8, 4) is 0 Å². The predicted octanol–water partition coefficient (Wildman–Crippen LogP) is 1.69. The van der Waals surface area contributed by atoms with Crippen LogP contribution in [0.2, 0.25) is 0 Å². The molecule has 0 aromatic carbocycles. The Labute approximate surface area is 105 Å². The van der Waals surface area contributed by atoms with Gasteiger partial charge in [0, 0.05) is 32.7 Å². The van der Waals surface area contributed by atoms with Crippen molar-refractivity contribution in [2.24, 2.45) is 0 Å². The van der Waals surface area contributed by atoms with Gasteiger partial charge in [-0.2, -0.15) is 0 Å². The molecule has 4 heteroatoms. The van der Waals surface area contributed by atoms with E-state index in [1.165, 1.54) is 25.8 Å². The van der Waals surface area contributed by atoms with E-state index in [1.54, 1.807) is 0 Å². The maximum atomic E-state index is 5.39. The quantitative estimate of drug-likeness (QED) is 0.585. The molecule has 0 radical (unpaired) electrons. The molecule has 3 nitrogen and oxygen atoms in total. The molecule has 0 aliphatic carbocycles. The summed E-state index contributed by atoms with van der Waals surface area (Å²) in [5.41, 5.74) is 0. The fourth-order valence-corrected chi connectivity index (χ4v) is 2.26. The SMILES string of the molecule is CCCCNC(=S)N1CCN(CCC)CC1. The largest absolute Gasteiger partial charge is 0.363 e. The normalized spacial score (nSPS) is 17.5. The zero-order valence-electron chi connectivity index (χ0n) is 10.7. The molecular weight excluding hydrogens is 218 g/mol. The van der Waals surface area contributed by atoms with Crippen molar-refractivity contribution >= 4 is 17.3 Å². The Balaban J connectivity index is 2.17. The van der Waals surface area contributed by atoms with Crippen LogP contribution < -0.4 is 5.32 Å². The summed E-state index contributed by atoms with van der Waals surface area (Å²) in [4.78, 5) is 4.82. The Kier molecular flexibility index (Phi) is 6.73. The Hall–Kier alpha value is -0.350. The second-order valence-electron chi connectivity index (χ2n) is 4.41. The predicted molar refractivity (Wildman–Crippen MR) is 73.8 cm³/mol. The molecule has 1 aliphatic rings. The minimum absolute atomic E-state index is 0.949. The van der Waals surface area contributed by atoms with Crippen molar-refractivity contribution in [3.63, 3.8) is 0 Å². The number of piperazine rings is 1. The molecule has 0 aromatic rings. The topological polar surface area (TPSA) is 18.5 Å². The first-order valence-corrected chi connectivity index (χ1v) is 6.93. The van der Waals surface area contributed by atoms with Crippen LogP contribution in [0.3, 0.4) is 0 Å². The van der Waals surface area contributed by atoms with Gasteiger partial charge in [-0.15, -0.1) is 0 Å². The van der Waals surface area contributed by atoms with E-state index in [2.05, 4.69) is 29.0 Å². The Morgan fingerprint density at radius 2 is 1.81 bits per heavy atom. The molecule has 16 heavy (non-hydrogen) atoms. The average Bonchev–Trinajstić information content (AvgIpc) is 2.30. The summed E-state index contributed by atoms with van der Waals surface area (Å²) in [6.07, 6.45) is 3.68. The molecule has 94 valence electrons. The summed E-state index contributed by atoms with van der Waals surface area (Å²) in [7, 11) is 0. The number of hydrogen-bond donors (Lipinski definition) is 1. The molecule has 0 aromatic heterocycles. The lowest BCUT2D eigenvalue weighted by Crippen LogP contribution is -2.51. The van der Waals surface area contributed by atoms with Crippen LogP contribution in [-0.2, 0) is 0 Å². The van der Waals surface area contributed by atoms with Gasteiger partial charge in [0.15, 0.2) is 5.11 Å². The maximum Gasteiger partial charge on any atom is 0.169 e. The van der Waals surface area contributed by atoms with Crippen molar-refractivity contribution in [1.82, 2.24) is 15.1 Å². The molecule has 0 spiro atoms. The third-order valence-electron chi connectivity index (χ3n) is 3.01. The molecule has 0 unspecified atom stereocenters. The van der Waals surface area contributed by atoms with Crippen LogP contribution >= 0.6 is 12.2 Å². The molecule has 1 N–H and O–H groups in total. The molecular formula is C12H25N3S. The van der Waals surface area contributed by atoms with Crippen LogP contribution in [0.15, 0.2) is 0 Å². The van der Waals surface area contributed by atoms with E-state index in [-0.39, 0.29) is 0 Å². The summed E-state index contributed by atoms with van der Waals surface area (Å²) in [5.74, 6) is 0. The van der Waals surface area contributed by atoms with E-state index >= 15 is 0 Å². The molecule has 1 heterocycles. The van der Waals surface area contributed by atoms with Crippen molar-refractivity contribution in [2.45, 2.75) is 33.1 Å². The van der Waals surface area contributed by atoms with Crippen molar-refractivity contribution in [1.29, 1.82) is 0 Å². The van der Waals surface area contributed by atoms with E-state index in [0.717, 1.165) is 37.8 Å². The lowest BCUT2D eigenvalue weighted by molar-refractivity contribution is 0.181. The molecule has 0 saturated carbocycles. The summed E-state index contributed by atoms with van der Waals surface area (Å²) in [5, 5.41) is 4.29. The number of nitrogens with zero attached hydrogens (tertiary/aromatic N) is 2. The first-order chi connectivity index (χ1) is 7.77. The Morgan fingerprint density at radius 1 is 1.12 bits per heavy atom. The van der Waals surface area contributed by atoms with Crippen LogP contribution in [0.25, 0.3) is 0 Å². The first-order valence-electron chi connectivity index (χ1n) is 6.53. The number of nitrogens with one attached hydrogen (secondary N) is 1. The second-order valence-corrected chi connectivity index (χ2v) is 4.80. The second kappa shape index (κ2) is 7.85. The molecule has 0 bridgehead atoms. The highest BCUT2D eigenvalue weighted by atomic mass is 32.1. The van der Waals surface area contributed by atoms with Gasteiger partial charge >= 0.3 is 0 Å². The van der Waals surface area contributed by atoms with Gasteiger partial charge in [-0.1, -0.05) is 20.3 Å². The third kappa shape index (κ3) is 4.66. The Morgan fingerprint density at radius 3 is 2.38 bits per heavy atom. The molecule has 0 atom stereocenters. The average molecular weight is 243 g/mol.